The molecule has 0 nitrogen and oxygen atoms in total. The average molecular weight is 201 g/mol. The van der Waals surface area contributed by atoms with Crippen molar-refractivity contribution in [2.45, 2.75) is 4.94 Å². The van der Waals surface area contributed by atoms with Crippen molar-refractivity contribution in [2.24, 2.45) is 0 Å². The van der Waals surface area contributed by atoms with Gasteiger partial charge < -0.3 is 0 Å². The molecule has 0 rings (SSSR count). The summed E-state index contributed by atoms with van der Waals surface area (Å²) in [5.74, 6) is 0. The normalized spacial score (nSPS) is 6.50. The fraction of sp³-hybridized carbons (Fsp3) is 1.00. The Hall–Kier alpha value is 1.31. The maximum atomic E-state index is 5.29. The molecule has 4 heavy (non-hydrogen) atoms. The first-order valence-corrected chi connectivity index (χ1v) is 11.3. The molecule has 3 heteroatoms. The van der Waals surface area contributed by atoms with Gasteiger partial charge in [0.2, 0.25) is 0 Å². The van der Waals surface area contributed by atoms with Crippen LogP contribution in [0, 0.1) is 0 Å². The van der Waals surface area contributed by atoms with Crippen LogP contribution in [0.1, 0.15) is 0 Å². The quantitative estimate of drug-likeness (QED) is 0.536. The molecule has 0 aliphatic rings. The molecule has 0 heterocycles. The molecule has 0 radical (unpaired) electrons. The van der Waals surface area contributed by atoms with Gasteiger partial charge in [-0.3, -0.25) is 0 Å². The second-order valence-electron chi connectivity index (χ2n) is 0.470. The van der Waals surface area contributed by atoms with E-state index >= 15 is 0 Å². The van der Waals surface area contributed by atoms with E-state index in [0.717, 1.165) is 0 Å². The van der Waals surface area contributed by atoms with Crippen LogP contribution in [0.15, 0.2) is 0 Å². The third kappa shape index (κ3) is 10.3. The molecule has 0 unspecified atom stereocenters. The molecule has 0 amide bonds. The van der Waals surface area contributed by atoms with Gasteiger partial charge in [-0.15, -0.1) is 0 Å². The molecule has 0 aliphatic heterocycles. The number of rotatable bonds is 0. The van der Waals surface area contributed by atoms with Gasteiger partial charge in [0.25, 0.3) is 0 Å². The van der Waals surface area contributed by atoms with Crippen LogP contribution in [-0.2, 0) is 0 Å². The zero-order valence-electron chi connectivity index (χ0n) is 2.29. The topological polar surface area (TPSA) is 0 Å². The Morgan fingerprint density at radius 1 is 2.00 bits per heavy atom. The molecular weight excluding hydrogens is 198 g/mol. The van der Waals surface area contributed by atoms with E-state index in [-0.39, 0.29) is 0 Å². The fourth-order valence-corrected chi connectivity index (χ4v) is 0. The second kappa shape index (κ2) is 2.54. The van der Waals surface area contributed by atoms with Crippen molar-refractivity contribution in [2.75, 3.05) is 0 Å². The SMILES string of the molecule is [CH3][Sn](=[S])[Cl]. The third-order valence-electron chi connectivity index (χ3n) is 0. The van der Waals surface area contributed by atoms with E-state index in [0.29, 0.717) is 0 Å². The van der Waals surface area contributed by atoms with Crippen molar-refractivity contribution in [1.29, 1.82) is 0 Å². The van der Waals surface area contributed by atoms with Crippen LogP contribution in [0.3, 0.4) is 0 Å². The van der Waals surface area contributed by atoms with Crippen molar-refractivity contribution in [3.8, 4) is 0 Å². The Bertz CT molecular complexity index is 31.0. The third-order valence-corrected chi connectivity index (χ3v) is 0. The van der Waals surface area contributed by atoms with E-state index in [1.807, 2.05) is 4.94 Å². The maximum absolute atomic E-state index is 5.29. The van der Waals surface area contributed by atoms with Crippen LogP contribution in [0.25, 0.3) is 0 Å². The Morgan fingerprint density at radius 3 is 2.00 bits per heavy atom. The number of hydrogen-bond donors (Lipinski definition) is 0. The van der Waals surface area contributed by atoms with Gasteiger partial charge in [0, 0.05) is 0 Å². The zero-order chi connectivity index (χ0) is 3.58. The molecule has 0 saturated heterocycles. The summed E-state index contributed by atoms with van der Waals surface area (Å²) < 4.78 is 0. The molecule has 0 fully saturated rings. The summed E-state index contributed by atoms with van der Waals surface area (Å²) >= 11 is -1.49. The average Bonchev–Trinajstić information content (AvgIpc) is 0.811. The van der Waals surface area contributed by atoms with Gasteiger partial charge in [0.1, 0.15) is 0 Å². The summed E-state index contributed by atoms with van der Waals surface area (Å²) in [4.78, 5) is 1.94. The van der Waals surface area contributed by atoms with E-state index in [4.69, 9.17) is 8.92 Å². The minimum atomic E-state index is -1.49. The Morgan fingerprint density at radius 2 is 2.00 bits per heavy atom. The van der Waals surface area contributed by atoms with Crippen molar-refractivity contribution in [1.82, 2.24) is 0 Å². The van der Waals surface area contributed by atoms with Gasteiger partial charge in [-0.05, 0) is 0 Å². The summed E-state index contributed by atoms with van der Waals surface area (Å²) in [7, 11) is 9.87. The number of halogens is 1. The molecule has 0 bridgehead atoms. The fourth-order valence-electron chi connectivity index (χ4n) is 0. The van der Waals surface area contributed by atoms with Crippen LogP contribution >= 0.6 is 18.2 Å². The molecule has 24 valence electrons. The first-order chi connectivity index (χ1) is 1.73. The Labute approximate surface area is 39.8 Å². The van der Waals surface area contributed by atoms with Gasteiger partial charge in [0.15, 0.2) is 0 Å². The summed E-state index contributed by atoms with van der Waals surface area (Å²) in [6.45, 7) is 0. The van der Waals surface area contributed by atoms with E-state index in [2.05, 4.69) is 9.29 Å². The first-order valence-electron chi connectivity index (χ1n) is 0.893. The van der Waals surface area contributed by atoms with Crippen LogP contribution in [0.4, 0.5) is 0 Å². The number of hydrogen-bond acceptors (Lipinski definition) is 1. The van der Waals surface area contributed by atoms with Crippen molar-refractivity contribution in [3.05, 3.63) is 0 Å². The minimum absolute atomic E-state index is 1.49. The molecular formula is CH3ClSSn. The molecule has 0 atom stereocenters. The van der Waals surface area contributed by atoms with Crippen LogP contribution in [0.2, 0.25) is 4.94 Å². The molecule has 0 aliphatic carbocycles. The van der Waals surface area contributed by atoms with Gasteiger partial charge in [-0.25, -0.2) is 0 Å². The molecule has 0 aromatic rings. The first kappa shape index (κ1) is 5.31. The summed E-state index contributed by atoms with van der Waals surface area (Å²) in [6, 6.07) is 0. The standard InChI is InChI=1S/CH3.ClH.S.Sn/h1H3;1H;;/q;;;+1/p-1. The molecule has 0 saturated carbocycles. The Balaban J connectivity index is 2.80. The van der Waals surface area contributed by atoms with Crippen molar-refractivity contribution < 1.29 is 0 Å². The van der Waals surface area contributed by atoms with E-state index < -0.39 is 16.7 Å². The second-order valence-corrected chi connectivity index (χ2v) is 12.6. The van der Waals surface area contributed by atoms with Gasteiger partial charge in [0.05, 0.1) is 0 Å². The predicted molar refractivity (Wildman–Crippen MR) is 25.1 cm³/mol. The molecule has 0 N–H and O–H groups in total. The summed E-state index contributed by atoms with van der Waals surface area (Å²) in [6.07, 6.45) is 0. The Kier molecular flexibility index (Phi) is 3.37. The van der Waals surface area contributed by atoms with Gasteiger partial charge in [-0.1, -0.05) is 0 Å². The van der Waals surface area contributed by atoms with Gasteiger partial charge >= 0.3 is 39.8 Å². The predicted octanol–water partition coefficient (Wildman–Crippen LogP) is 1.54. The zero-order valence-corrected chi connectivity index (χ0v) is 6.71. The molecule has 0 spiro atoms. The molecule has 0 aromatic carbocycles. The van der Waals surface area contributed by atoms with Crippen LogP contribution in [-0.4, -0.2) is 16.7 Å². The summed E-state index contributed by atoms with van der Waals surface area (Å²) in [5, 5.41) is 0. The van der Waals surface area contributed by atoms with Crippen molar-refractivity contribution >= 4 is 34.9 Å². The van der Waals surface area contributed by atoms with Gasteiger partial charge in [-0.2, -0.15) is 0 Å². The van der Waals surface area contributed by atoms with Crippen LogP contribution in [0.5, 0.6) is 0 Å². The van der Waals surface area contributed by atoms with E-state index in [1.165, 1.54) is 0 Å². The van der Waals surface area contributed by atoms with Crippen LogP contribution < -0.4 is 0 Å². The monoisotopic (exact) mass is 202 g/mol. The molecule has 0 aromatic heterocycles. The van der Waals surface area contributed by atoms with E-state index in [1.54, 1.807) is 0 Å². The van der Waals surface area contributed by atoms with E-state index in [9.17, 15) is 0 Å². The summed E-state index contributed by atoms with van der Waals surface area (Å²) in [5.41, 5.74) is 0. The van der Waals surface area contributed by atoms with Crippen molar-refractivity contribution in [3.63, 3.8) is 0 Å².